The van der Waals surface area contributed by atoms with E-state index in [1.165, 1.54) is 24.2 Å². The molecule has 3 saturated carbocycles. The molecular weight excluding hydrogens is 302 g/mol. The molecule has 2 saturated heterocycles. The Hall–Kier alpha value is -1.52. The van der Waals surface area contributed by atoms with Gasteiger partial charge in [0.1, 0.15) is 5.60 Å². The van der Waals surface area contributed by atoms with E-state index in [0.717, 1.165) is 25.4 Å². The number of amides is 1. The molecule has 5 heteroatoms. The Kier molecular flexibility index (Phi) is 2.68. The quantitative estimate of drug-likeness (QED) is 0.853. The number of nitrogens with zero attached hydrogens (tertiary/aromatic N) is 3. The lowest BCUT2D eigenvalue weighted by Crippen LogP contribution is -2.36. The Labute approximate surface area is 143 Å². The number of carbonyl (C=O) groups is 1. The van der Waals surface area contributed by atoms with Crippen molar-refractivity contribution in [1.82, 2.24) is 14.7 Å². The molecular formula is C19H27N3O2. The van der Waals surface area contributed by atoms with Gasteiger partial charge in [-0.1, -0.05) is 6.92 Å². The van der Waals surface area contributed by atoms with Crippen LogP contribution in [0.3, 0.4) is 0 Å². The highest BCUT2D eigenvalue weighted by Crippen LogP contribution is 2.85. The predicted octanol–water partition coefficient (Wildman–Crippen LogP) is 2.97. The summed E-state index contributed by atoms with van der Waals surface area (Å²) in [5, 5.41) is 4.85. The fraction of sp³-hybridized carbons (Fsp3) is 0.789. The van der Waals surface area contributed by atoms with Crippen LogP contribution in [0.5, 0.6) is 0 Å². The van der Waals surface area contributed by atoms with Gasteiger partial charge in [-0.15, -0.1) is 0 Å². The minimum Gasteiger partial charge on any atom is -0.444 e. The van der Waals surface area contributed by atoms with Crippen LogP contribution in [-0.2, 0) is 23.1 Å². The number of carbonyl (C=O) groups excluding carboxylic acids is 1. The van der Waals surface area contributed by atoms with Crippen molar-refractivity contribution in [1.29, 1.82) is 0 Å². The van der Waals surface area contributed by atoms with Gasteiger partial charge in [0.2, 0.25) is 0 Å². The molecule has 6 rings (SSSR count). The van der Waals surface area contributed by atoms with Crippen molar-refractivity contribution in [3.05, 3.63) is 17.5 Å². The highest BCUT2D eigenvalue weighted by Gasteiger charge is 2.94. The minimum atomic E-state index is -0.421. The lowest BCUT2D eigenvalue weighted by atomic mass is 10.0. The van der Waals surface area contributed by atoms with E-state index in [2.05, 4.69) is 17.7 Å². The van der Waals surface area contributed by atoms with Crippen LogP contribution in [0.25, 0.3) is 0 Å². The van der Waals surface area contributed by atoms with E-state index in [1.807, 2.05) is 25.7 Å². The Balaban J connectivity index is 1.39. The SMILES string of the molecule is CCc1cc(C23C4CN(C(=O)OC(C)(C)C)C2C43)n(CC2CC2)n1. The minimum absolute atomic E-state index is 0.136. The topological polar surface area (TPSA) is 47.4 Å². The van der Waals surface area contributed by atoms with Crippen LogP contribution in [0.15, 0.2) is 6.07 Å². The molecule has 4 unspecified atom stereocenters. The number of aryl methyl sites for hydroxylation is 1. The lowest BCUT2D eigenvalue weighted by Gasteiger charge is -2.24. The molecule has 1 amide bonds. The Bertz CT molecular complexity index is 709. The second-order valence-corrected chi connectivity index (χ2v) is 9.14. The predicted molar refractivity (Wildman–Crippen MR) is 89.7 cm³/mol. The normalized spacial score (nSPS) is 35.8. The monoisotopic (exact) mass is 329 g/mol. The van der Waals surface area contributed by atoms with Gasteiger partial charge < -0.3 is 9.64 Å². The van der Waals surface area contributed by atoms with E-state index in [4.69, 9.17) is 9.84 Å². The van der Waals surface area contributed by atoms with Gasteiger partial charge in [0.15, 0.2) is 0 Å². The largest absolute Gasteiger partial charge is 0.444 e. The summed E-state index contributed by atoms with van der Waals surface area (Å²) >= 11 is 0. The van der Waals surface area contributed by atoms with Crippen molar-refractivity contribution < 1.29 is 9.53 Å². The number of aromatic nitrogens is 2. The van der Waals surface area contributed by atoms with Crippen LogP contribution >= 0.6 is 0 Å². The number of fused-ring (bicyclic) bond motifs is 1. The van der Waals surface area contributed by atoms with Crippen LogP contribution in [0, 0.1) is 17.8 Å². The van der Waals surface area contributed by atoms with E-state index in [9.17, 15) is 4.79 Å². The van der Waals surface area contributed by atoms with E-state index >= 15 is 0 Å². The van der Waals surface area contributed by atoms with E-state index in [0.29, 0.717) is 17.9 Å². The van der Waals surface area contributed by atoms with Gasteiger partial charge in [0, 0.05) is 24.2 Å². The first-order valence-electron chi connectivity index (χ1n) is 9.43. The van der Waals surface area contributed by atoms with Gasteiger partial charge in [-0.2, -0.15) is 5.10 Å². The average Bonchev–Trinajstić information content (AvgIpc) is 3.41. The standard InChI is InChI=1S/C19H27N3O2/c1-5-12-8-14(22(20-12)9-11-6-7-11)19-13-10-21(16(19)15(13)19)17(23)24-18(2,3)4/h8,11,13,15-16H,5-7,9-10H2,1-4H3. The summed E-state index contributed by atoms with van der Waals surface area (Å²) in [5.74, 6) is 2.11. The molecule has 5 fully saturated rings. The summed E-state index contributed by atoms with van der Waals surface area (Å²) in [6.07, 6.45) is 3.53. The van der Waals surface area contributed by atoms with Gasteiger partial charge in [-0.25, -0.2) is 4.79 Å². The first-order valence-corrected chi connectivity index (χ1v) is 9.43. The van der Waals surface area contributed by atoms with Crippen LogP contribution in [-0.4, -0.2) is 39.0 Å². The molecule has 2 bridgehead atoms. The van der Waals surface area contributed by atoms with Gasteiger partial charge in [0.05, 0.1) is 11.7 Å². The summed E-state index contributed by atoms with van der Waals surface area (Å²) < 4.78 is 7.89. The van der Waals surface area contributed by atoms with Crippen LogP contribution in [0.4, 0.5) is 4.79 Å². The van der Waals surface area contributed by atoms with Gasteiger partial charge in [-0.05, 0) is 63.9 Å². The molecule has 4 atom stereocenters. The Morgan fingerprint density at radius 3 is 2.75 bits per heavy atom. The third-order valence-electron chi connectivity index (χ3n) is 6.33. The third kappa shape index (κ3) is 1.87. The molecule has 0 spiro atoms. The maximum absolute atomic E-state index is 12.5. The van der Waals surface area contributed by atoms with Crippen molar-refractivity contribution in [2.45, 2.75) is 70.6 Å². The number of rotatable bonds is 4. The summed E-state index contributed by atoms with van der Waals surface area (Å²) in [6, 6.07) is 2.67. The molecule has 5 aliphatic rings. The molecule has 0 aromatic carbocycles. The zero-order chi connectivity index (χ0) is 16.9. The first kappa shape index (κ1) is 14.8. The maximum Gasteiger partial charge on any atom is 0.410 e. The summed E-state index contributed by atoms with van der Waals surface area (Å²) in [6.45, 7) is 9.91. The molecule has 130 valence electrons. The van der Waals surface area contributed by atoms with Gasteiger partial charge in [-0.3, -0.25) is 4.68 Å². The van der Waals surface area contributed by atoms with Crippen molar-refractivity contribution in [2.24, 2.45) is 17.8 Å². The van der Waals surface area contributed by atoms with Crippen molar-refractivity contribution in [3.63, 3.8) is 0 Å². The van der Waals surface area contributed by atoms with Gasteiger partial charge >= 0.3 is 6.09 Å². The molecule has 1 aromatic heterocycles. The van der Waals surface area contributed by atoms with Crippen LogP contribution in [0.1, 0.15) is 51.9 Å². The highest BCUT2D eigenvalue weighted by molar-refractivity contribution is 5.75. The average molecular weight is 329 g/mol. The molecule has 0 N–H and O–H groups in total. The first-order chi connectivity index (χ1) is 11.4. The lowest BCUT2D eigenvalue weighted by molar-refractivity contribution is 0.0278. The number of ether oxygens (including phenoxy) is 1. The smallest absolute Gasteiger partial charge is 0.410 e. The van der Waals surface area contributed by atoms with E-state index in [1.54, 1.807) is 0 Å². The fourth-order valence-corrected chi connectivity index (χ4v) is 4.99. The zero-order valence-corrected chi connectivity index (χ0v) is 15.1. The van der Waals surface area contributed by atoms with E-state index < -0.39 is 5.60 Å². The van der Waals surface area contributed by atoms with Crippen LogP contribution < -0.4 is 0 Å². The molecule has 2 aliphatic heterocycles. The van der Waals surface area contributed by atoms with Crippen molar-refractivity contribution in [2.75, 3.05) is 6.54 Å². The molecule has 1 aromatic rings. The highest BCUT2D eigenvalue weighted by atomic mass is 16.6. The van der Waals surface area contributed by atoms with Crippen molar-refractivity contribution in [3.8, 4) is 0 Å². The van der Waals surface area contributed by atoms with Gasteiger partial charge in [0.25, 0.3) is 0 Å². The molecule has 5 nitrogen and oxygen atoms in total. The number of hydrogen-bond acceptors (Lipinski definition) is 3. The maximum atomic E-state index is 12.5. The molecule has 24 heavy (non-hydrogen) atoms. The van der Waals surface area contributed by atoms with Crippen LogP contribution in [0.2, 0.25) is 0 Å². The Morgan fingerprint density at radius 2 is 2.17 bits per heavy atom. The Morgan fingerprint density at radius 1 is 1.42 bits per heavy atom. The summed E-state index contributed by atoms with van der Waals surface area (Å²) in [5.41, 5.74) is 2.39. The van der Waals surface area contributed by atoms with E-state index in [-0.39, 0.29) is 11.5 Å². The second-order valence-electron chi connectivity index (χ2n) is 9.14. The summed E-state index contributed by atoms with van der Waals surface area (Å²) in [4.78, 5) is 14.5. The number of piperidine rings is 1. The zero-order valence-electron chi connectivity index (χ0n) is 15.1. The third-order valence-corrected chi connectivity index (χ3v) is 6.33. The molecule has 3 aliphatic carbocycles. The number of hydrogen-bond donors (Lipinski definition) is 0. The summed E-state index contributed by atoms with van der Waals surface area (Å²) in [7, 11) is 0. The molecule has 3 heterocycles. The van der Waals surface area contributed by atoms with Crippen molar-refractivity contribution >= 4 is 6.09 Å². The molecule has 0 radical (unpaired) electrons. The second kappa shape index (κ2) is 4.36. The fourth-order valence-electron chi connectivity index (χ4n) is 4.99.